The molecule has 2 unspecified atom stereocenters. The van der Waals surface area contributed by atoms with Gasteiger partial charge in [0.25, 0.3) is 5.91 Å². The standard InChI is InChI=1S/C21H22F2N2O2/c1-12(2)25-10-18-20(11-25)27-19-8-13(4-6-16(19)21(26)24(18)3)15-7-5-14(22)9-17(15)23/h4-9,12,18,20H,10-11H2,1-3H3. The Balaban J connectivity index is 1.73. The molecule has 0 N–H and O–H groups in total. The van der Waals surface area contributed by atoms with Crippen LogP contribution in [0.3, 0.4) is 0 Å². The summed E-state index contributed by atoms with van der Waals surface area (Å²) in [5.74, 6) is -0.918. The van der Waals surface area contributed by atoms with E-state index in [0.717, 1.165) is 19.2 Å². The predicted molar refractivity (Wildman–Crippen MR) is 98.8 cm³/mol. The van der Waals surface area contributed by atoms with Crippen LogP contribution in [0.2, 0.25) is 0 Å². The van der Waals surface area contributed by atoms with Crippen molar-refractivity contribution in [2.75, 3.05) is 20.1 Å². The number of carbonyl (C=O) groups excluding carboxylic acids is 1. The number of ether oxygens (including phenoxy) is 1. The number of hydrogen-bond donors (Lipinski definition) is 0. The van der Waals surface area contributed by atoms with Crippen LogP contribution in [-0.4, -0.2) is 54.0 Å². The van der Waals surface area contributed by atoms with Crippen LogP contribution in [0.1, 0.15) is 24.2 Å². The van der Waals surface area contributed by atoms with Gasteiger partial charge in [-0.05, 0) is 43.7 Å². The Morgan fingerprint density at radius 1 is 1.07 bits per heavy atom. The van der Waals surface area contributed by atoms with Crippen molar-refractivity contribution in [1.82, 2.24) is 9.80 Å². The summed E-state index contributed by atoms with van der Waals surface area (Å²) in [4.78, 5) is 17.0. The SMILES string of the molecule is CC(C)N1CC2Oc3cc(-c4ccc(F)cc4F)ccc3C(=O)N(C)C2C1. The molecular formula is C21H22F2N2O2. The number of hydrogen-bond acceptors (Lipinski definition) is 3. The summed E-state index contributed by atoms with van der Waals surface area (Å²) in [6.07, 6.45) is -0.143. The molecule has 6 heteroatoms. The highest BCUT2D eigenvalue weighted by Crippen LogP contribution is 2.35. The minimum atomic E-state index is -0.642. The third kappa shape index (κ3) is 3.08. The van der Waals surface area contributed by atoms with Crippen LogP contribution >= 0.6 is 0 Å². The van der Waals surface area contributed by atoms with Gasteiger partial charge in [-0.15, -0.1) is 0 Å². The Labute approximate surface area is 157 Å². The van der Waals surface area contributed by atoms with E-state index in [9.17, 15) is 13.6 Å². The summed E-state index contributed by atoms with van der Waals surface area (Å²) in [5, 5.41) is 0. The molecule has 0 aliphatic carbocycles. The lowest BCUT2D eigenvalue weighted by Gasteiger charge is -2.25. The van der Waals surface area contributed by atoms with E-state index in [1.165, 1.54) is 12.1 Å². The summed E-state index contributed by atoms with van der Waals surface area (Å²) < 4.78 is 33.6. The third-order valence-electron chi connectivity index (χ3n) is 5.55. The molecule has 2 aromatic carbocycles. The summed E-state index contributed by atoms with van der Waals surface area (Å²) in [6, 6.07) is 8.82. The Kier molecular flexibility index (Phi) is 4.38. The topological polar surface area (TPSA) is 32.8 Å². The second kappa shape index (κ2) is 6.60. The zero-order chi connectivity index (χ0) is 19.3. The van der Waals surface area contributed by atoms with Gasteiger partial charge in [0.05, 0.1) is 11.6 Å². The monoisotopic (exact) mass is 372 g/mol. The number of amides is 1. The summed E-state index contributed by atoms with van der Waals surface area (Å²) >= 11 is 0. The third-order valence-corrected chi connectivity index (χ3v) is 5.55. The zero-order valence-electron chi connectivity index (χ0n) is 15.6. The molecule has 27 heavy (non-hydrogen) atoms. The van der Waals surface area contributed by atoms with E-state index < -0.39 is 11.6 Å². The maximum Gasteiger partial charge on any atom is 0.257 e. The molecule has 1 fully saturated rings. The van der Waals surface area contributed by atoms with Crippen LogP contribution < -0.4 is 4.74 Å². The molecule has 0 spiro atoms. The highest BCUT2D eigenvalue weighted by atomic mass is 19.1. The van der Waals surface area contributed by atoms with E-state index in [1.54, 1.807) is 30.1 Å². The van der Waals surface area contributed by atoms with Crippen molar-refractivity contribution in [3.63, 3.8) is 0 Å². The lowest BCUT2D eigenvalue weighted by atomic mass is 10.0. The summed E-state index contributed by atoms with van der Waals surface area (Å²) in [7, 11) is 1.80. The van der Waals surface area contributed by atoms with Gasteiger partial charge in [-0.2, -0.15) is 0 Å². The van der Waals surface area contributed by atoms with Crippen LogP contribution in [-0.2, 0) is 0 Å². The van der Waals surface area contributed by atoms with E-state index in [-0.39, 0.29) is 23.6 Å². The van der Waals surface area contributed by atoms with Crippen LogP contribution in [0.4, 0.5) is 8.78 Å². The molecule has 4 nitrogen and oxygen atoms in total. The number of benzene rings is 2. The molecule has 2 heterocycles. The maximum atomic E-state index is 14.2. The normalized spacial score (nSPS) is 22.4. The Morgan fingerprint density at radius 2 is 1.81 bits per heavy atom. The highest BCUT2D eigenvalue weighted by molar-refractivity contribution is 5.98. The fourth-order valence-corrected chi connectivity index (χ4v) is 3.89. The summed E-state index contributed by atoms with van der Waals surface area (Å²) in [6.45, 7) is 5.74. The first-order chi connectivity index (χ1) is 12.8. The lowest BCUT2D eigenvalue weighted by Crippen LogP contribution is -2.44. The van der Waals surface area contributed by atoms with Gasteiger partial charge in [0.1, 0.15) is 23.5 Å². The van der Waals surface area contributed by atoms with Crippen molar-refractivity contribution in [2.45, 2.75) is 32.0 Å². The van der Waals surface area contributed by atoms with E-state index in [1.807, 2.05) is 0 Å². The minimum Gasteiger partial charge on any atom is -0.486 e. The summed E-state index contributed by atoms with van der Waals surface area (Å²) in [5.41, 5.74) is 1.30. The number of nitrogens with zero attached hydrogens (tertiary/aromatic N) is 2. The first-order valence-corrected chi connectivity index (χ1v) is 9.12. The predicted octanol–water partition coefficient (Wildman–Crippen LogP) is 3.56. The van der Waals surface area contributed by atoms with Crippen molar-refractivity contribution in [3.8, 4) is 16.9 Å². The minimum absolute atomic E-state index is 0.0293. The molecule has 2 aliphatic rings. The molecule has 2 aliphatic heterocycles. The first-order valence-electron chi connectivity index (χ1n) is 9.12. The molecule has 0 aromatic heterocycles. The quantitative estimate of drug-likeness (QED) is 0.808. The van der Waals surface area contributed by atoms with Gasteiger partial charge >= 0.3 is 0 Å². The van der Waals surface area contributed by atoms with E-state index in [2.05, 4.69) is 18.7 Å². The van der Waals surface area contributed by atoms with Gasteiger partial charge in [0.15, 0.2) is 0 Å². The van der Waals surface area contributed by atoms with E-state index >= 15 is 0 Å². The Hall–Kier alpha value is -2.47. The van der Waals surface area contributed by atoms with Crippen LogP contribution in [0.25, 0.3) is 11.1 Å². The number of fused-ring (bicyclic) bond motifs is 2. The fourth-order valence-electron chi connectivity index (χ4n) is 3.89. The number of likely N-dealkylation sites (tertiary alicyclic amines) is 1. The second-order valence-electron chi connectivity index (χ2n) is 7.52. The number of rotatable bonds is 2. The number of halogens is 2. The molecule has 4 rings (SSSR count). The van der Waals surface area contributed by atoms with Crippen molar-refractivity contribution in [3.05, 3.63) is 53.6 Å². The van der Waals surface area contributed by atoms with E-state index in [4.69, 9.17) is 4.74 Å². The first kappa shape index (κ1) is 17.9. The molecular weight excluding hydrogens is 350 g/mol. The molecule has 0 radical (unpaired) electrons. The number of likely N-dealkylation sites (N-methyl/N-ethyl adjacent to an activating group) is 1. The Morgan fingerprint density at radius 3 is 2.52 bits per heavy atom. The van der Waals surface area contributed by atoms with Gasteiger partial charge in [-0.25, -0.2) is 8.78 Å². The highest BCUT2D eigenvalue weighted by Gasteiger charge is 2.42. The molecule has 142 valence electrons. The van der Waals surface area contributed by atoms with Gasteiger partial charge in [0, 0.05) is 37.8 Å². The molecule has 0 bridgehead atoms. The molecule has 2 atom stereocenters. The van der Waals surface area contributed by atoms with Gasteiger partial charge < -0.3 is 9.64 Å². The smallest absolute Gasteiger partial charge is 0.257 e. The van der Waals surface area contributed by atoms with Gasteiger partial charge in [-0.1, -0.05) is 6.07 Å². The molecule has 2 aromatic rings. The van der Waals surface area contributed by atoms with Gasteiger partial charge in [0.2, 0.25) is 0 Å². The average molecular weight is 372 g/mol. The average Bonchev–Trinajstić information content (AvgIpc) is 3.01. The van der Waals surface area contributed by atoms with Crippen molar-refractivity contribution >= 4 is 5.91 Å². The maximum absolute atomic E-state index is 14.2. The fraction of sp³-hybridized carbons (Fsp3) is 0.381. The molecule has 1 amide bonds. The zero-order valence-corrected chi connectivity index (χ0v) is 15.6. The number of carbonyl (C=O) groups is 1. The van der Waals surface area contributed by atoms with Crippen molar-refractivity contribution in [2.24, 2.45) is 0 Å². The van der Waals surface area contributed by atoms with Gasteiger partial charge in [-0.3, -0.25) is 9.69 Å². The van der Waals surface area contributed by atoms with Crippen LogP contribution in [0.5, 0.6) is 5.75 Å². The molecule has 0 saturated carbocycles. The van der Waals surface area contributed by atoms with Crippen molar-refractivity contribution in [1.29, 1.82) is 0 Å². The van der Waals surface area contributed by atoms with E-state index in [0.29, 0.717) is 22.9 Å². The Bertz CT molecular complexity index is 900. The van der Waals surface area contributed by atoms with Crippen molar-refractivity contribution < 1.29 is 18.3 Å². The molecule has 1 saturated heterocycles. The van der Waals surface area contributed by atoms with Crippen LogP contribution in [0, 0.1) is 11.6 Å². The van der Waals surface area contributed by atoms with Crippen LogP contribution in [0.15, 0.2) is 36.4 Å². The largest absolute Gasteiger partial charge is 0.486 e. The lowest BCUT2D eigenvalue weighted by molar-refractivity contribution is 0.0681. The second-order valence-corrected chi connectivity index (χ2v) is 7.52.